The summed E-state index contributed by atoms with van der Waals surface area (Å²) in [7, 11) is 1.69. The van der Waals surface area contributed by atoms with E-state index < -0.39 is 0 Å². The van der Waals surface area contributed by atoms with Crippen molar-refractivity contribution >= 4 is 0 Å². The molecular weight excluding hydrogens is 176 g/mol. The van der Waals surface area contributed by atoms with Gasteiger partial charge in [-0.2, -0.15) is 0 Å². The van der Waals surface area contributed by atoms with Crippen LogP contribution >= 0.6 is 0 Å². The lowest BCUT2D eigenvalue weighted by molar-refractivity contribution is 0.299. The Bertz CT molecular complexity index is 316. The van der Waals surface area contributed by atoms with Gasteiger partial charge in [0.15, 0.2) is 0 Å². The van der Waals surface area contributed by atoms with Gasteiger partial charge in [0, 0.05) is 0 Å². The topological polar surface area (TPSA) is 18.5 Å². The Morgan fingerprint density at radius 3 is 2.71 bits per heavy atom. The quantitative estimate of drug-likeness (QED) is 0.730. The molecular formula is C12H16O2. The average Bonchev–Trinajstić information content (AvgIpc) is 3.02. The van der Waals surface area contributed by atoms with E-state index in [0.717, 1.165) is 17.9 Å². The molecule has 1 saturated carbocycles. The molecule has 14 heavy (non-hydrogen) atoms. The Morgan fingerprint density at radius 1 is 1.36 bits per heavy atom. The standard InChI is InChI=1S/C12H16O2/c1-3-9-8-11(13-2)6-7-12(9)14-10-4-5-10/h6-8,10H,3-5H2,1-2H3. The summed E-state index contributed by atoms with van der Waals surface area (Å²) >= 11 is 0. The molecule has 0 saturated heterocycles. The first-order chi connectivity index (χ1) is 6.83. The van der Waals surface area contributed by atoms with Gasteiger partial charge in [0.05, 0.1) is 13.2 Å². The van der Waals surface area contributed by atoms with Crippen molar-refractivity contribution in [3.05, 3.63) is 23.8 Å². The van der Waals surface area contributed by atoms with Crippen LogP contribution in [0.15, 0.2) is 18.2 Å². The summed E-state index contributed by atoms with van der Waals surface area (Å²) in [6.07, 6.45) is 3.86. The smallest absolute Gasteiger partial charge is 0.123 e. The highest BCUT2D eigenvalue weighted by molar-refractivity contribution is 5.40. The maximum Gasteiger partial charge on any atom is 0.123 e. The average molecular weight is 192 g/mol. The molecule has 1 fully saturated rings. The fraction of sp³-hybridized carbons (Fsp3) is 0.500. The van der Waals surface area contributed by atoms with E-state index >= 15 is 0 Å². The van der Waals surface area contributed by atoms with Crippen molar-refractivity contribution in [3.63, 3.8) is 0 Å². The summed E-state index contributed by atoms with van der Waals surface area (Å²) in [6.45, 7) is 2.13. The molecule has 2 nitrogen and oxygen atoms in total. The molecule has 0 radical (unpaired) electrons. The lowest BCUT2D eigenvalue weighted by atomic mass is 10.1. The predicted octanol–water partition coefficient (Wildman–Crippen LogP) is 2.80. The first kappa shape index (κ1) is 9.38. The van der Waals surface area contributed by atoms with Crippen LogP contribution in [0.1, 0.15) is 25.3 Å². The van der Waals surface area contributed by atoms with Crippen LogP contribution in [0.5, 0.6) is 11.5 Å². The van der Waals surface area contributed by atoms with Crippen LogP contribution in [0.4, 0.5) is 0 Å². The van der Waals surface area contributed by atoms with Crippen molar-refractivity contribution in [2.24, 2.45) is 0 Å². The molecule has 2 rings (SSSR count). The Hall–Kier alpha value is -1.18. The molecule has 0 unspecified atom stereocenters. The SMILES string of the molecule is CCc1cc(OC)ccc1OC1CC1. The van der Waals surface area contributed by atoms with Crippen molar-refractivity contribution in [2.75, 3.05) is 7.11 Å². The zero-order chi connectivity index (χ0) is 9.97. The van der Waals surface area contributed by atoms with Crippen LogP contribution in [0, 0.1) is 0 Å². The molecule has 0 atom stereocenters. The van der Waals surface area contributed by atoms with Gasteiger partial charge < -0.3 is 9.47 Å². The molecule has 0 amide bonds. The summed E-state index contributed by atoms with van der Waals surface area (Å²) in [5, 5.41) is 0. The lowest BCUT2D eigenvalue weighted by Gasteiger charge is -2.10. The minimum absolute atomic E-state index is 0.466. The number of hydrogen-bond donors (Lipinski definition) is 0. The minimum Gasteiger partial charge on any atom is -0.497 e. The van der Waals surface area contributed by atoms with Gasteiger partial charge in [0.1, 0.15) is 11.5 Å². The number of rotatable bonds is 4. The number of ether oxygens (including phenoxy) is 2. The van der Waals surface area contributed by atoms with Crippen LogP contribution in [0.25, 0.3) is 0 Å². The first-order valence-electron chi connectivity index (χ1n) is 5.17. The second-order valence-electron chi connectivity index (χ2n) is 3.64. The molecule has 1 aromatic rings. The van der Waals surface area contributed by atoms with Crippen LogP contribution in [-0.4, -0.2) is 13.2 Å². The maximum atomic E-state index is 5.79. The minimum atomic E-state index is 0.466. The van der Waals surface area contributed by atoms with E-state index in [-0.39, 0.29) is 0 Å². The second kappa shape index (κ2) is 3.91. The van der Waals surface area contributed by atoms with Gasteiger partial charge in [0.25, 0.3) is 0 Å². The van der Waals surface area contributed by atoms with Crippen molar-refractivity contribution < 1.29 is 9.47 Å². The van der Waals surface area contributed by atoms with E-state index in [1.54, 1.807) is 7.11 Å². The van der Waals surface area contributed by atoms with Gasteiger partial charge in [-0.25, -0.2) is 0 Å². The maximum absolute atomic E-state index is 5.79. The summed E-state index contributed by atoms with van der Waals surface area (Å²) in [4.78, 5) is 0. The highest BCUT2D eigenvalue weighted by atomic mass is 16.5. The van der Waals surface area contributed by atoms with E-state index in [1.807, 2.05) is 12.1 Å². The second-order valence-corrected chi connectivity index (χ2v) is 3.64. The van der Waals surface area contributed by atoms with Crippen molar-refractivity contribution in [1.29, 1.82) is 0 Å². The van der Waals surface area contributed by atoms with Crippen LogP contribution in [0.3, 0.4) is 0 Å². The van der Waals surface area contributed by atoms with Crippen molar-refractivity contribution in [3.8, 4) is 11.5 Å². The molecule has 1 aliphatic rings. The van der Waals surface area contributed by atoms with Crippen LogP contribution < -0.4 is 9.47 Å². The van der Waals surface area contributed by atoms with Gasteiger partial charge in [-0.1, -0.05) is 6.92 Å². The number of hydrogen-bond acceptors (Lipinski definition) is 2. The zero-order valence-electron chi connectivity index (χ0n) is 8.75. The van der Waals surface area contributed by atoms with Gasteiger partial charge in [-0.15, -0.1) is 0 Å². The summed E-state index contributed by atoms with van der Waals surface area (Å²) in [6, 6.07) is 6.02. The molecule has 0 bridgehead atoms. The van der Waals surface area contributed by atoms with E-state index in [4.69, 9.17) is 9.47 Å². The van der Waals surface area contributed by atoms with Gasteiger partial charge in [0.2, 0.25) is 0 Å². The predicted molar refractivity (Wildman–Crippen MR) is 56.0 cm³/mol. The molecule has 0 aliphatic heterocycles. The highest BCUT2D eigenvalue weighted by Crippen LogP contribution is 2.31. The molecule has 0 aromatic heterocycles. The third kappa shape index (κ3) is 2.00. The van der Waals surface area contributed by atoms with Crippen molar-refractivity contribution in [2.45, 2.75) is 32.3 Å². The third-order valence-corrected chi connectivity index (χ3v) is 2.47. The van der Waals surface area contributed by atoms with Gasteiger partial charge >= 0.3 is 0 Å². The number of aryl methyl sites for hydroxylation is 1. The Kier molecular flexibility index (Phi) is 2.62. The molecule has 0 N–H and O–H groups in total. The van der Waals surface area contributed by atoms with E-state index in [0.29, 0.717) is 6.10 Å². The Labute approximate surface area is 84.8 Å². The van der Waals surface area contributed by atoms with Crippen molar-refractivity contribution in [1.82, 2.24) is 0 Å². The fourth-order valence-electron chi connectivity index (χ4n) is 1.44. The van der Waals surface area contributed by atoms with Gasteiger partial charge in [-0.3, -0.25) is 0 Å². The fourth-order valence-corrected chi connectivity index (χ4v) is 1.44. The molecule has 0 heterocycles. The molecule has 2 heteroatoms. The first-order valence-corrected chi connectivity index (χ1v) is 5.17. The van der Waals surface area contributed by atoms with Crippen LogP contribution in [0.2, 0.25) is 0 Å². The normalized spacial score (nSPS) is 15.3. The Balaban J connectivity index is 2.19. The summed E-state index contributed by atoms with van der Waals surface area (Å²) in [5.41, 5.74) is 1.23. The number of benzene rings is 1. The van der Waals surface area contributed by atoms with E-state index in [9.17, 15) is 0 Å². The monoisotopic (exact) mass is 192 g/mol. The highest BCUT2D eigenvalue weighted by Gasteiger charge is 2.24. The number of methoxy groups -OCH3 is 1. The van der Waals surface area contributed by atoms with E-state index in [2.05, 4.69) is 13.0 Å². The summed E-state index contributed by atoms with van der Waals surface area (Å²) in [5.74, 6) is 1.93. The largest absolute Gasteiger partial charge is 0.497 e. The van der Waals surface area contributed by atoms with Crippen LogP contribution in [-0.2, 0) is 6.42 Å². The Morgan fingerprint density at radius 2 is 2.14 bits per heavy atom. The molecule has 76 valence electrons. The summed E-state index contributed by atoms with van der Waals surface area (Å²) < 4.78 is 11.0. The molecule has 1 aliphatic carbocycles. The molecule has 0 spiro atoms. The van der Waals surface area contributed by atoms with Gasteiger partial charge in [-0.05, 0) is 43.0 Å². The molecule has 1 aromatic carbocycles. The third-order valence-electron chi connectivity index (χ3n) is 2.47. The lowest BCUT2D eigenvalue weighted by Crippen LogP contribution is -1.99. The zero-order valence-corrected chi connectivity index (χ0v) is 8.75. The van der Waals surface area contributed by atoms with E-state index in [1.165, 1.54) is 18.4 Å².